The Labute approximate surface area is 167 Å². The Balaban J connectivity index is 1.72. The van der Waals surface area contributed by atoms with E-state index in [0.29, 0.717) is 17.6 Å². The van der Waals surface area contributed by atoms with Crippen molar-refractivity contribution in [3.8, 4) is 23.4 Å². The van der Waals surface area contributed by atoms with E-state index in [-0.39, 0.29) is 0 Å². The van der Waals surface area contributed by atoms with Gasteiger partial charge in [-0.2, -0.15) is 10.5 Å². The van der Waals surface area contributed by atoms with Crippen molar-refractivity contribution >= 4 is 21.9 Å². The van der Waals surface area contributed by atoms with Gasteiger partial charge in [-0.15, -0.1) is 0 Å². The third-order valence-electron chi connectivity index (χ3n) is 4.69. The quantitative estimate of drug-likeness (QED) is 0.400. The van der Waals surface area contributed by atoms with E-state index >= 15 is 0 Å². The van der Waals surface area contributed by atoms with Gasteiger partial charge in [-0.1, -0.05) is 24.3 Å². The van der Waals surface area contributed by atoms with E-state index in [1.165, 1.54) is 6.20 Å². The molecule has 2 heterocycles. The van der Waals surface area contributed by atoms with Gasteiger partial charge in [0.25, 0.3) is 0 Å². The summed E-state index contributed by atoms with van der Waals surface area (Å²) in [6, 6.07) is 19.7. The molecule has 4 rings (SSSR count). The molecule has 0 amide bonds. The standard InChI is InChI=1S/C24H16N4O/c25-9-7-17(14-26)2-1-16-3-5-20-21-6-4-19(13-24(21)29-23(20)12-16)22-11-18(15-27)8-10-28-22/h2-13H,1,25H2/b9-7-,17-2+. The van der Waals surface area contributed by atoms with Crippen LogP contribution in [0.3, 0.4) is 0 Å². The van der Waals surface area contributed by atoms with Crippen molar-refractivity contribution in [3.05, 3.63) is 89.8 Å². The first-order chi connectivity index (χ1) is 14.2. The summed E-state index contributed by atoms with van der Waals surface area (Å²) in [7, 11) is 0. The molecule has 138 valence electrons. The van der Waals surface area contributed by atoms with E-state index < -0.39 is 0 Å². The van der Waals surface area contributed by atoms with Crippen LogP contribution >= 0.6 is 0 Å². The summed E-state index contributed by atoms with van der Waals surface area (Å²) in [5, 5.41) is 20.2. The molecule has 2 aromatic heterocycles. The van der Waals surface area contributed by atoms with Gasteiger partial charge in [0.05, 0.1) is 23.4 Å². The molecule has 0 bridgehead atoms. The molecule has 0 saturated heterocycles. The van der Waals surface area contributed by atoms with Crippen molar-refractivity contribution in [1.82, 2.24) is 4.98 Å². The molecule has 5 nitrogen and oxygen atoms in total. The van der Waals surface area contributed by atoms with E-state index in [2.05, 4.69) is 17.1 Å². The molecule has 0 unspecified atom stereocenters. The van der Waals surface area contributed by atoms with Crippen LogP contribution in [0.4, 0.5) is 0 Å². The Morgan fingerprint density at radius 3 is 2.59 bits per heavy atom. The van der Waals surface area contributed by atoms with Crippen molar-refractivity contribution in [1.29, 1.82) is 10.5 Å². The molecule has 29 heavy (non-hydrogen) atoms. The van der Waals surface area contributed by atoms with Crippen molar-refractivity contribution < 1.29 is 4.42 Å². The summed E-state index contributed by atoms with van der Waals surface area (Å²) in [6.45, 7) is 0. The van der Waals surface area contributed by atoms with Gasteiger partial charge in [-0.05, 0) is 54.6 Å². The number of nitriles is 2. The minimum absolute atomic E-state index is 0.522. The molecule has 2 aromatic carbocycles. The molecule has 0 saturated carbocycles. The Hall–Kier alpha value is -4.35. The second-order valence-corrected chi connectivity index (χ2v) is 6.52. The average molecular weight is 376 g/mol. The highest BCUT2D eigenvalue weighted by molar-refractivity contribution is 6.06. The molecule has 0 aliphatic rings. The van der Waals surface area contributed by atoms with Crippen LogP contribution in [0.1, 0.15) is 11.1 Å². The number of aromatic nitrogens is 1. The Bertz CT molecular complexity index is 1360. The van der Waals surface area contributed by atoms with Crippen LogP contribution in [0.2, 0.25) is 0 Å². The van der Waals surface area contributed by atoms with Gasteiger partial charge in [-0.25, -0.2) is 0 Å². The van der Waals surface area contributed by atoms with Crippen LogP contribution in [0, 0.1) is 22.7 Å². The van der Waals surface area contributed by atoms with E-state index in [1.54, 1.807) is 24.4 Å². The molecule has 0 spiro atoms. The molecular formula is C24H16N4O. The van der Waals surface area contributed by atoms with Crippen LogP contribution in [0.25, 0.3) is 33.2 Å². The van der Waals surface area contributed by atoms with Gasteiger partial charge < -0.3 is 10.2 Å². The average Bonchev–Trinajstić information content (AvgIpc) is 3.13. The van der Waals surface area contributed by atoms with Gasteiger partial charge in [0.2, 0.25) is 0 Å². The summed E-state index contributed by atoms with van der Waals surface area (Å²) in [6.07, 6.45) is 7.01. The first kappa shape index (κ1) is 18.0. The number of furan rings is 1. The lowest BCUT2D eigenvalue weighted by Gasteiger charge is -2.00. The van der Waals surface area contributed by atoms with Gasteiger partial charge in [-0.3, -0.25) is 4.98 Å². The lowest BCUT2D eigenvalue weighted by Crippen LogP contribution is -1.84. The van der Waals surface area contributed by atoms with Crippen LogP contribution in [0.5, 0.6) is 0 Å². The maximum absolute atomic E-state index is 9.10. The summed E-state index contributed by atoms with van der Waals surface area (Å²) < 4.78 is 6.08. The van der Waals surface area contributed by atoms with Crippen LogP contribution in [0.15, 0.2) is 83.1 Å². The normalized spacial score (nSPS) is 11.7. The number of nitrogens with zero attached hydrogens (tertiary/aromatic N) is 3. The minimum atomic E-state index is 0.522. The monoisotopic (exact) mass is 376 g/mol. The molecule has 0 fully saturated rings. The summed E-state index contributed by atoms with van der Waals surface area (Å²) in [4.78, 5) is 4.36. The summed E-state index contributed by atoms with van der Waals surface area (Å²) in [5.74, 6) is 0. The predicted octanol–water partition coefficient (Wildman–Crippen LogP) is 4.98. The number of allylic oxidation sites excluding steroid dienone is 3. The third-order valence-corrected chi connectivity index (χ3v) is 4.69. The molecule has 0 radical (unpaired) electrons. The SMILES string of the molecule is N#CC(/C=C\N)=C/Cc1ccc2c(c1)oc1cc(-c3cc(C#N)ccn3)ccc12. The van der Waals surface area contributed by atoms with Crippen molar-refractivity contribution in [3.63, 3.8) is 0 Å². The van der Waals surface area contributed by atoms with Gasteiger partial charge in [0.15, 0.2) is 0 Å². The van der Waals surface area contributed by atoms with Crippen LogP contribution < -0.4 is 5.73 Å². The first-order valence-corrected chi connectivity index (χ1v) is 9.02. The van der Waals surface area contributed by atoms with Crippen LogP contribution in [-0.2, 0) is 6.42 Å². The van der Waals surface area contributed by atoms with Crippen molar-refractivity contribution in [2.45, 2.75) is 6.42 Å². The topological polar surface area (TPSA) is 99.6 Å². The molecule has 0 aliphatic carbocycles. The highest BCUT2D eigenvalue weighted by Gasteiger charge is 2.10. The zero-order valence-corrected chi connectivity index (χ0v) is 15.5. The Morgan fingerprint density at radius 2 is 1.83 bits per heavy atom. The lowest BCUT2D eigenvalue weighted by molar-refractivity contribution is 0.668. The molecule has 0 atom stereocenters. The maximum Gasteiger partial charge on any atom is 0.136 e. The number of hydrogen-bond acceptors (Lipinski definition) is 5. The number of pyridine rings is 1. The highest BCUT2D eigenvalue weighted by atomic mass is 16.3. The predicted molar refractivity (Wildman–Crippen MR) is 112 cm³/mol. The van der Waals surface area contributed by atoms with E-state index in [4.69, 9.17) is 20.7 Å². The highest BCUT2D eigenvalue weighted by Crippen LogP contribution is 2.32. The van der Waals surface area contributed by atoms with E-state index in [1.807, 2.05) is 42.5 Å². The molecule has 4 aromatic rings. The fraction of sp³-hybridized carbons (Fsp3) is 0.0417. The first-order valence-electron chi connectivity index (χ1n) is 9.02. The van der Waals surface area contributed by atoms with Crippen molar-refractivity contribution in [2.24, 2.45) is 5.73 Å². The number of benzene rings is 2. The number of hydrogen-bond donors (Lipinski definition) is 1. The largest absolute Gasteiger partial charge is 0.456 e. The van der Waals surface area contributed by atoms with Gasteiger partial charge >= 0.3 is 0 Å². The fourth-order valence-electron chi connectivity index (χ4n) is 3.25. The number of rotatable bonds is 4. The second kappa shape index (κ2) is 7.72. The Kier molecular flexibility index (Phi) is 4.80. The van der Waals surface area contributed by atoms with E-state index in [0.717, 1.165) is 38.8 Å². The third kappa shape index (κ3) is 3.58. The molecular weight excluding hydrogens is 360 g/mol. The summed E-state index contributed by atoms with van der Waals surface area (Å²) >= 11 is 0. The number of nitrogens with two attached hydrogens (primary N) is 1. The second-order valence-electron chi connectivity index (χ2n) is 6.52. The van der Waals surface area contributed by atoms with E-state index in [9.17, 15) is 0 Å². The fourth-order valence-corrected chi connectivity index (χ4v) is 3.25. The molecule has 0 aliphatic heterocycles. The summed E-state index contributed by atoms with van der Waals surface area (Å²) in [5.41, 5.74) is 10.7. The molecule has 5 heteroatoms. The smallest absolute Gasteiger partial charge is 0.136 e. The molecule has 2 N–H and O–H groups in total. The lowest BCUT2D eigenvalue weighted by atomic mass is 10.0. The van der Waals surface area contributed by atoms with Gasteiger partial charge in [0, 0.05) is 28.1 Å². The zero-order valence-electron chi connectivity index (χ0n) is 15.5. The zero-order chi connectivity index (χ0) is 20.2. The van der Waals surface area contributed by atoms with Crippen LogP contribution in [-0.4, -0.2) is 4.98 Å². The minimum Gasteiger partial charge on any atom is -0.456 e. The van der Waals surface area contributed by atoms with Gasteiger partial charge in [0.1, 0.15) is 11.2 Å². The number of fused-ring (bicyclic) bond motifs is 3. The maximum atomic E-state index is 9.10. The Morgan fingerprint density at radius 1 is 1.03 bits per heavy atom. The van der Waals surface area contributed by atoms with Crippen molar-refractivity contribution in [2.75, 3.05) is 0 Å².